The van der Waals surface area contributed by atoms with Crippen molar-refractivity contribution in [3.05, 3.63) is 88.4 Å². The lowest BCUT2D eigenvalue weighted by Gasteiger charge is -2.29. The number of halogens is 1. The van der Waals surface area contributed by atoms with Gasteiger partial charge in [-0.1, -0.05) is 53.7 Å². The van der Waals surface area contributed by atoms with Crippen molar-refractivity contribution in [1.82, 2.24) is 4.90 Å². The lowest BCUT2D eigenvalue weighted by Crippen LogP contribution is -2.41. The SMILES string of the molecule is COCOc1cccc(Sc2ccc(C[C@@H](C)N(C[C@@H](O)c3cccc(Cl)c3)C(=O)O)cc2)c1C=O. The van der Waals surface area contributed by atoms with Gasteiger partial charge in [-0.15, -0.1) is 0 Å². The Morgan fingerprint density at radius 1 is 1.14 bits per heavy atom. The molecular weight excluding hydrogens is 502 g/mol. The summed E-state index contributed by atoms with van der Waals surface area (Å²) in [6.07, 6.45) is -0.856. The van der Waals surface area contributed by atoms with Crippen molar-refractivity contribution in [2.75, 3.05) is 20.4 Å². The molecule has 2 atom stereocenters. The summed E-state index contributed by atoms with van der Waals surface area (Å²) in [7, 11) is 1.51. The number of carbonyl (C=O) groups is 2. The Kier molecular flexibility index (Phi) is 10.2. The Balaban J connectivity index is 1.67. The number of rotatable bonds is 12. The summed E-state index contributed by atoms with van der Waals surface area (Å²) >= 11 is 7.43. The van der Waals surface area contributed by atoms with Gasteiger partial charge in [0, 0.05) is 28.0 Å². The molecule has 1 amide bonds. The molecule has 0 spiro atoms. The maximum atomic E-state index is 11.9. The first kappa shape index (κ1) is 27.5. The van der Waals surface area contributed by atoms with Crippen LogP contribution in [0.3, 0.4) is 0 Å². The number of aliphatic hydroxyl groups excluding tert-OH is 1. The third-order valence-electron chi connectivity index (χ3n) is 5.54. The molecule has 0 saturated heterocycles. The monoisotopic (exact) mass is 529 g/mol. The Morgan fingerprint density at radius 3 is 2.50 bits per heavy atom. The van der Waals surface area contributed by atoms with Gasteiger partial charge in [0.15, 0.2) is 13.1 Å². The molecule has 3 aromatic carbocycles. The van der Waals surface area contributed by atoms with Crippen molar-refractivity contribution in [3.8, 4) is 5.75 Å². The molecule has 36 heavy (non-hydrogen) atoms. The number of aldehydes is 1. The Bertz CT molecular complexity index is 1170. The molecule has 0 aliphatic carbocycles. The molecule has 0 fully saturated rings. The van der Waals surface area contributed by atoms with E-state index in [9.17, 15) is 19.8 Å². The van der Waals surface area contributed by atoms with Crippen molar-refractivity contribution in [2.45, 2.75) is 35.3 Å². The molecule has 0 heterocycles. The Morgan fingerprint density at radius 2 is 1.86 bits per heavy atom. The van der Waals surface area contributed by atoms with E-state index in [1.54, 1.807) is 30.3 Å². The topological polar surface area (TPSA) is 96.3 Å². The number of hydrogen-bond acceptors (Lipinski definition) is 6. The summed E-state index contributed by atoms with van der Waals surface area (Å²) in [4.78, 5) is 26.5. The number of amides is 1. The zero-order valence-electron chi connectivity index (χ0n) is 20.0. The first-order valence-electron chi connectivity index (χ1n) is 11.2. The largest absolute Gasteiger partial charge is 0.467 e. The van der Waals surface area contributed by atoms with Crippen LogP contribution in [-0.2, 0) is 11.2 Å². The highest BCUT2D eigenvalue weighted by Gasteiger charge is 2.23. The Hall–Kier alpha value is -3.04. The van der Waals surface area contributed by atoms with E-state index in [1.807, 2.05) is 43.3 Å². The number of ether oxygens (including phenoxy) is 2. The average molecular weight is 530 g/mol. The van der Waals surface area contributed by atoms with Crippen LogP contribution in [0.25, 0.3) is 0 Å². The highest BCUT2D eigenvalue weighted by atomic mass is 35.5. The maximum Gasteiger partial charge on any atom is 0.407 e. The summed E-state index contributed by atoms with van der Waals surface area (Å²) < 4.78 is 10.4. The van der Waals surface area contributed by atoms with Crippen LogP contribution in [0, 0.1) is 0 Å². The van der Waals surface area contributed by atoms with E-state index in [-0.39, 0.29) is 19.4 Å². The zero-order valence-corrected chi connectivity index (χ0v) is 21.5. The van der Waals surface area contributed by atoms with Crippen LogP contribution in [0.5, 0.6) is 5.75 Å². The third kappa shape index (κ3) is 7.48. The van der Waals surface area contributed by atoms with Crippen molar-refractivity contribution < 1.29 is 29.3 Å². The molecule has 0 bridgehead atoms. The molecule has 0 saturated carbocycles. The summed E-state index contributed by atoms with van der Waals surface area (Å²) in [5.41, 5.74) is 1.96. The van der Waals surface area contributed by atoms with Gasteiger partial charge in [0.05, 0.1) is 18.2 Å². The van der Waals surface area contributed by atoms with Gasteiger partial charge in [0.2, 0.25) is 0 Å². The summed E-state index contributed by atoms with van der Waals surface area (Å²) in [6.45, 7) is 1.79. The second-order valence-corrected chi connectivity index (χ2v) is 9.69. The number of nitrogens with zero attached hydrogens (tertiary/aromatic N) is 1. The van der Waals surface area contributed by atoms with Gasteiger partial charge >= 0.3 is 6.09 Å². The number of aliphatic hydroxyl groups is 1. The number of methoxy groups -OCH3 is 1. The molecule has 7 nitrogen and oxygen atoms in total. The fourth-order valence-corrected chi connectivity index (χ4v) is 4.83. The molecule has 3 rings (SSSR count). The zero-order chi connectivity index (χ0) is 26.1. The van der Waals surface area contributed by atoms with Gasteiger partial charge in [-0.3, -0.25) is 4.79 Å². The molecule has 0 aromatic heterocycles. The van der Waals surface area contributed by atoms with Crippen LogP contribution >= 0.6 is 23.4 Å². The number of carbonyl (C=O) groups excluding carboxylic acids is 1. The molecule has 0 radical (unpaired) electrons. The first-order valence-corrected chi connectivity index (χ1v) is 12.4. The lowest BCUT2D eigenvalue weighted by molar-refractivity contribution is 0.0503. The quantitative estimate of drug-likeness (QED) is 0.222. The van der Waals surface area contributed by atoms with Crippen LogP contribution in [0.4, 0.5) is 4.79 Å². The van der Waals surface area contributed by atoms with Crippen molar-refractivity contribution >= 4 is 35.7 Å². The van der Waals surface area contributed by atoms with Crippen LogP contribution in [-0.4, -0.2) is 54.0 Å². The van der Waals surface area contributed by atoms with Gasteiger partial charge < -0.3 is 24.6 Å². The van der Waals surface area contributed by atoms with Gasteiger partial charge in [0.25, 0.3) is 0 Å². The predicted molar refractivity (Wildman–Crippen MR) is 139 cm³/mol. The van der Waals surface area contributed by atoms with E-state index >= 15 is 0 Å². The van der Waals surface area contributed by atoms with E-state index in [1.165, 1.54) is 23.8 Å². The number of benzene rings is 3. The normalized spacial score (nSPS) is 12.6. The Labute approximate surface area is 219 Å². The van der Waals surface area contributed by atoms with Gasteiger partial charge in [-0.05, 0) is 60.9 Å². The summed E-state index contributed by atoms with van der Waals surface area (Å²) in [5.74, 6) is 0.455. The van der Waals surface area contributed by atoms with E-state index in [0.717, 1.165) is 21.6 Å². The van der Waals surface area contributed by atoms with Crippen LogP contribution in [0.15, 0.2) is 76.5 Å². The molecule has 190 valence electrons. The predicted octanol–water partition coefficient (Wildman–Crippen LogP) is 5.93. The van der Waals surface area contributed by atoms with E-state index in [0.29, 0.717) is 28.3 Å². The van der Waals surface area contributed by atoms with E-state index in [2.05, 4.69) is 0 Å². The summed E-state index contributed by atoms with van der Waals surface area (Å²) in [5, 5.41) is 20.8. The van der Waals surface area contributed by atoms with Gasteiger partial charge in [-0.2, -0.15) is 0 Å². The smallest absolute Gasteiger partial charge is 0.407 e. The standard InChI is InChI=1S/C27H28ClNO6S/c1-18(29(27(32)33)15-24(31)20-5-3-6-21(28)14-20)13-19-9-11-22(12-10-19)36-26-8-4-7-25(23(26)16-30)35-17-34-2/h3-12,14,16,18,24,31H,13,15,17H2,1-2H3,(H,32,33)/t18-,24-/m1/s1. The molecule has 0 aliphatic rings. The molecular formula is C27H28ClNO6S. The number of hydrogen-bond donors (Lipinski definition) is 2. The maximum absolute atomic E-state index is 11.9. The van der Waals surface area contributed by atoms with Crippen molar-refractivity contribution in [1.29, 1.82) is 0 Å². The fourth-order valence-electron chi connectivity index (χ4n) is 3.70. The molecule has 0 unspecified atom stereocenters. The van der Waals surface area contributed by atoms with Gasteiger partial charge in [-0.25, -0.2) is 4.79 Å². The third-order valence-corrected chi connectivity index (χ3v) is 6.86. The first-order chi connectivity index (χ1) is 17.3. The molecule has 0 aliphatic heterocycles. The average Bonchev–Trinajstić information content (AvgIpc) is 2.86. The highest BCUT2D eigenvalue weighted by Crippen LogP contribution is 2.34. The van der Waals surface area contributed by atoms with Gasteiger partial charge in [0.1, 0.15) is 5.75 Å². The highest BCUT2D eigenvalue weighted by molar-refractivity contribution is 7.99. The fraction of sp³-hybridized carbons (Fsp3) is 0.259. The van der Waals surface area contributed by atoms with Crippen molar-refractivity contribution in [3.63, 3.8) is 0 Å². The minimum Gasteiger partial charge on any atom is -0.467 e. The molecule has 3 aromatic rings. The number of carboxylic acid groups (broad SMARTS) is 1. The van der Waals surface area contributed by atoms with E-state index < -0.39 is 12.2 Å². The van der Waals surface area contributed by atoms with E-state index in [4.69, 9.17) is 21.1 Å². The van der Waals surface area contributed by atoms with Crippen LogP contribution < -0.4 is 4.74 Å². The summed E-state index contributed by atoms with van der Waals surface area (Å²) in [6, 6.07) is 19.5. The molecule has 9 heteroatoms. The minimum atomic E-state index is -1.10. The van der Waals surface area contributed by atoms with Crippen molar-refractivity contribution in [2.24, 2.45) is 0 Å². The second kappa shape index (κ2) is 13.3. The minimum absolute atomic E-state index is 0.0469. The molecule has 2 N–H and O–H groups in total. The second-order valence-electron chi connectivity index (χ2n) is 8.14. The van der Waals surface area contributed by atoms with Crippen LogP contribution in [0.1, 0.15) is 34.5 Å². The van der Waals surface area contributed by atoms with Crippen LogP contribution in [0.2, 0.25) is 5.02 Å². The lowest BCUT2D eigenvalue weighted by atomic mass is 10.0.